The summed E-state index contributed by atoms with van der Waals surface area (Å²) in [6.45, 7) is 3.53. The van der Waals surface area contributed by atoms with Gasteiger partial charge < -0.3 is 4.90 Å². The van der Waals surface area contributed by atoms with Gasteiger partial charge in [0.05, 0.1) is 29.4 Å². The van der Waals surface area contributed by atoms with Crippen LogP contribution in [-0.4, -0.2) is 39.9 Å². The van der Waals surface area contributed by atoms with Gasteiger partial charge in [0.2, 0.25) is 10.0 Å². The first-order valence-corrected chi connectivity index (χ1v) is 10.4. The van der Waals surface area contributed by atoms with Gasteiger partial charge in [-0.1, -0.05) is 11.8 Å². The molecular weight excluding hydrogens is 384 g/mol. The Morgan fingerprint density at radius 2 is 1.24 bits per heavy atom. The number of rotatable bonds is 7. The lowest BCUT2D eigenvalue weighted by Crippen LogP contribution is -2.32. The first-order valence-electron chi connectivity index (χ1n) is 8.97. The van der Waals surface area contributed by atoms with E-state index in [1.807, 2.05) is 43.3 Å². The molecule has 0 saturated carbocycles. The Labute approximate surface area is 173 Å². The third-order valence-electron chi connectivity index (χ3n) is 3.99. The molecule has 0 amide bonds. The van der Waals surface area contributed by atoms with Gasteiger partial charge in [-0.2, -0.15) is 14.5 Å². The van der Waals surface area contributed by atoms with Crippen molar-refractivity contribution in [2.45, 2.75) is 18.7 Å². The van der Waals surface area contributed by atoms with Crippen LogP contribution in [0, 0.1) is 23.7 Å². The Balaban J connectivity index is 2.18. The first-order chi connectivity index (χ1) is 13.9. The summed E-state index contributed by atoms with van der Waals surface area (Å²) in [6, 6.07) is 13.9. The topological polar surface area (TPSA) is 65.3 Å². The highest BCUT2D eigenvalue weighted by molar-refractivity contribution is 7.89. The van der Waals surface area contributed by atoms with Crippen molar-refractivity contribution < 1.29 is 8.42 Å². The molecule has 0 bridgehead atoms. The number of benzene rings is 2. The zero-order valence-electron chi connectivity index (χ0n) is 17.0. The van der Waals surface area contributed by atoms with E-state index in [0.717, 1.165) is 11.4 Å². The zero-order chi connectivity index (χ0) is 21.3. The van der Waals surface area contributed by atoms with Crippen LogP contribution >= 0.6 is 0 Å². The fraction of sp³-hybridized carbons (Fsp3) is 0.273. The van der Waals surface area contributed by atoms with Crippen LogP contribution in [0.2, 0.25) is 0 Å². The first kappa shape index (κ1) is 22.2. The molecule has 2 rings (SSSR count). The van der Waals surface area contributed by atoms with Crippen LogP contribution < -0.4 is 4.90 Å². The highest BCUT2D eigenvalue weighted by Crippen LogP contribution is 2.23. The Hall–Kier alpha value is -3.13. The lowest BCUT2D eigenvalue weighted by molar-refractivity contribution is 0.482. The van der Waals surface area contributed by atoms with Crippen LogP contribution in [0.5, 0.6) is 0 Å². The number of anilines is 1. The molecule has 7 heteroatoms. The largest absolute Gasteiger partial charge is 0.378 e. The molecule has 29 heavy (non-hydrogen) atoms. The molecule has 0 unspecified atom stereocenters. The van der Waals surface area contributed by atoms with Gasteiger partial charge in [0.25, 0.3) is 0 Å². The highest BCUT2D eigenvalue weighted by Gasteiger charge is 2.22. The molecule has 0 heterocycles. The van der Waals surface area contributed by atoms with Crippen molar-refractivity contribution in [2.75, 3.05) is 32.1 Å². The molecule has 0 atom stereocenters. The average molecular weight is 409 g/mol. The molecular formula is C22H24N4O2S. The summed E-state index contributed by atoms with van der Waals surface area (Å²) in [7, 11) is 0.247. The van der Waals surface area contributed by atoms with Crippen LogP contribution in [0.15, 0.2) is 63.7 Å². The second-order valence-corrected chi connectivity index (χ2v) is 8.17. The molecule has 0 radical (unpaired) electrons. The molecule has 0 aliphatic rings. The normalized spacial score (nSPS) is 10.9. The minimum Gasteiger partial charge on any atom is -0.378 e. The number of hydrogen-bond donors (Lipinski definition) is 0. The highest BCUT2D eigenvalue weighted by atomic mass is 32.2. The molecule has 0 aliphatic heterocycles. The van der Waals surface area contributed by atoms with Crippen molar-refractivity contribution in [3.05, 3.63) is 48.5 Å². The summed E-state index contributed by atoms with van der Waals surface area (Å²) >= 11 is 0. The maximum atomic E-state index is 12.9. The van der Waals surface area contributed by atoms with E-state index >= 15 is 0 Å². The smallest absolute Gasteiger partial charge is 0.244 e. The Morgan fingerprint density at radius 1 is 0.793 bits per heavy atom. The maximum Gasteiger partial charge on any atom is 0.244 e. The fourth-order valence-electron chi connectivity index (χ4n) is 2.33. The van der Waals surface area contributed by atoms with Gasteiger partial charge >= 0.3 is 0 Å². The van der Waals surface area contributed by atoms with Crippen LogP contribution in [0.4, 0.5) is 17.1 Å². The van der Waals surface area contributed by atoms with E-state index < -0.39 is 10.0 Å². The zero-order valence-corrected chi connectivity index (χ0v) is 17.9. The predicted octanol–water partition coefficient (Wildman–Crippen LogP) is 4.21. The molecule has 0 spiro atoms. The molecule has 150 valence electrons. The minimum absolute atomic E-state index is 0.0952. The Morgan fingerprint density at radius 3 is 1.66 bits per heavy atom. The molecule has 6 nitrogen and oxygen atoms in total. The van der Waals surface area contributed by atoms with Gasteiger partial charge in [0, 0.05) is 19.8 Å². The van der Waals surface area contributed by atoms with Crippen molar-refractivity contribution in [3.63, 3.8) is 0 Å². The third-order valence-corrected chi connectivity index (χ3v) is 5.79. The number of azo groups is 1. The summed E-state index contributed by atoms with van der Waals surface area (Å²) in [5.74, 6) is 11.0. The SMILES string of the molecule is CC#CCN(CC#CC)S(=O)(=O)c1ccc(N=Nc2ccc(N(C)C)cc2)cc1. The van der Waals surface area contributed by atoms with E-state index in [1.54, 1.807) is 26.0 Å². The Bertz CT molecular complexity index is 1040. The summed E-state index contributed by atoms with van der Waals surface area (Å²) < 4.78 is 27.0. The monoisotopic (exact) mass is 408 g/mol. The van der Waals surface area contributed by atoms with Crippen LogP contribution in [0.3, 0.4) is 0 Å². The average Bonchev–Trinajstić information content (AvgIpc) is 2.72. The number of nitrogens with zero attached hydrogens (tertiary/aromatic N) is 4. The quantitative estimate of drug-likeness (QED) is 0.509. The third kappa shape index (κ3) is 6.18. The van der Waals surface area contributed by atoms with Gasteiger partial charge in [-0.05, 0) is 62.4 Å². The maximum absolute atomic E-state index is 12.9. The lowest BCUT2D eigenvalue weighted by atomic mass is 10.3. The van der Waals surface area contributed by atoms with Gasteiger partial charge in [0.15, 0.2) is 0 Å². The van der Waals surface area contributed by atoms with Crippen molar-refractivity contribution in [1.29, 1.82) is 0 Å². The van der Waals surface area contributed by atoms with Gasteiger partial charge in [-0.25, -0.2) is 8.42 Å². The lowest BCUT2D eigenvalue weighted by Gasteiger charge is -2.17. The van der Waals surface area contributed by atoms with Crippen LogP contribution in [-0.2, 0) is 10.0 Å². The number of sulfonamides is 1. The van der Waals surface area contributed by atoms with Gasteiger partial charge in [0.1, 0.15) is 0 Å². The van der Waals surface area contributed by atoms with E-state index in [2.05, 4.69) is 33.9 Å². The predicted molar refractivity (Wildman–Crippen MR) is 117 cm³/mol. The Kier molecular flexibility index (Phi) is 7.97. The van der Waals surface area contributed by atoms with Crippen molar-refractivity contribution in [1.82, 2.24) is 4.31 Å². The summed E-state index contributed by atoms with van der Waals surface area (Å²) in [5, 5.41) is 8.37. The fourth-order valence-corrected chi connectivity index (χ4v) is 3.57. The second kappa shape index (κ2) is 10.4. The van der Waals surface area contributed by atoms with Crippen molar-refractivity contribution in [3.8, 4) is 23.7 Å². The molecule has 2 aromatic rings. The summed E-state index contributed by atoms with van der Waals surface area (Å²) in [4.78, 5) is 2.17. The minimum atomic E-state index is -3.69. The molecule has 2 aromatic carbocycles. The molecule has 0 aliphatic carbocycles. The molecule has 0 N–H and O–H groups in total. The van der Waals surface area contributed by atoms with Crippen molar-refractivity contribution >= 4 is 27.1 Å². The summed E-state index contributed by atoms with van der Waals surface area (Å²) in [6.07, 6.45) is 0. The molecule has 0 aromatic heterocycles. The van der Waals surface area contributed by atoms with E-state index in [1.165, 1.54) is 16.4 Å². The van der Waals surface area contributed by atoms with E-state index in [0.29, 0.717) is 5.69 Å². The van der Waals surface area contributed by atoms with E-state index in [-0.39, 0.29) is 18.0 Å². The van der Waals surface area contributed by atoms with Gasteiger partial charge in [-0.3, -0.25) is 0 Å². The second-order valence-electron chi connectivity index (χ2n) is 6.23. The van der Waals surface area contributed by atoms with E-state index in [9.17, 15) is 8.42 Å². The van der Waals surface area contributed by atoms with Crippen molar-refractivity contribution in [2.24, 2.45) is 10.2 Å². The van der Waals surface area contributed by atoms with Crippen LogP contribution in [0.1, 0.15) is 13.8 Å². The van der Waals surface area contributed by atoms with E-state index in [4.69, 9.17) is 0 Å². The molecule has 0 saturated heterocycles. The number of hydrogen-bond acceptors (Lipinski definition) is 5. The van der Waals surface area contributed by atoms with Crippen LogP contribution in [0.25, 0.3) is 0 Å². The van der Waals surface area contributed by atoms with Gasteiger partial charge in [-0.15, -0.1) is 11.8 Å². The summed E-state index contributed by atoms with van der Waals surface area (Å²) in [5.41, 5.74) is 2.35. The standard InChI is InChI=1S/C22H24N4O2S/c1-5-7-17-26(18-8-6-2)29(27,28)22-15-11-20(12-16-22)24-23-19-9-13-21(14-10-19)25(3)4/h9-16H,17-18H2,1-4H3. The molecule has 0 fully saturated rings.